The highest BCUT2D eigenvalue weighted by Gasteiger charge is 2.26. The minimum absolute atomic E-state index is 0.203. The van der Waals surface area contributed by atoms with Gasteiger partial charge in [-0.15, -0.1) is 10.2 Å². The topological polar surface area (TPSA) is 109 Å². The zero-order valence-corrected chi connectivity index (χ0v) is 42.8. The van der Waals surface area contributed by atoms with Crippen LogP contribution in [0.15, 0.2) is 190 Å². The number of ether oxygens (including phenoxy) is 2. The van der Waals surface area contributed by atoms with Crippen LogP contribution in [-0.4, -0.2) is 40.1 Å². The first kappa shape index (κ1) is 49.7. The number of hydrogen-bond donors (Lipinski definition) is 0. The number of rotatable bonds is 14. The molecular formula is C64H56N6O4. The van der Waals surface area contributed by atoms with Crippen molar-refractivity contribution in [2.45, 2.75) is 27.7 Å². The number of carbonyl (C=O) groups excluding carboxylic acids is 2. The Hall–Kier alpha value is -9.28. The average Bonchev–Trinajstić information content (AvgIpc) is 3.42. The molecule has 10 nitrogen and oxygen atoms in total. The van der Waals surface area contributed by atoms with Crippen LogP contribution in [0.4, 0.5) is 34.1 Å². The molecule has 9 aromatic rings. The van der Waals surface area contributed by atoms with Crippen LogP contribution in [-0.2, 0) is 0 Å². The lowest BCUT2D eigenvalue weighted by molar-refractivity contribution is 0.0982. The maximum atomic E-state index is 14.0. The Kier molecular flexibility index (Phi) is 14.8. The number of anilines is 2. The van der Waals surface area contributed by atoms with Gasteiger partial charge < -0.3 is 19.3 Å². The SMILES string of the molecule is COc1c(C(=O)N(C)c2ccc(C)cc2C)cc2ccccc2c1N=Nc1ccc(C=Cc2ccc(C=Cc3ccc(N=Nc4c(OC)c(C(=O)N(C)c5ccc(C)cc5C)cc5ccccc45)cc3)cc2)cc1. The summed E-state index contributed by atoms with van der Waals surface area (Å²) in [5.41, 5.74) is 13.2. The highest BCUT2D eigenvalue weighted by Crippen LogP contribution is 2.43. The summed E-state index contributed by atoms with van der Waals surface area (Å²) >= 11 is 0. The van der Waals surface area contributed by atoms with E-state index in [1.54, 1.807) is 38.1 Å². The maximum absolute atomic E-state index is 14.0. The molecule has 0 aliphatic carbocycles. The van der Waals surface area contributed by atoms with Gasteiger partial charge in [0.15, 0.2) is 11.5 Å². The quantitative estimate of drug-likeness (QED) is 0.0798. The lowest BCUT2D eigenvalue weighted by atomic mass is 10.0. The summed E-state index contributed by atoms with van der Waals surface area (Å²) in [5, 5.41) is 22.0. The fourth-order valence-corrected chi connectivity index (χ4v) is 9.11. The van der Waals surface area contributed by atoms with E-state index in [9.17, 15) is 9.59 Å². The standard InChI is InChI=1S/C64H56N6O4/c1-41-17-35-57(43(3)37-41)69(5)63(71)55-39-49-13-9-11-15-53(49)59(61(55)73-7)67-65-51-31-27-47(28-32-51)25-23-45-19-21-46(22-20-45)24-26-48-29-33-52(34-30-48)66-68-60-54-16-12-10-14-50(54)40-56(62(60)74-8)64(72)70(6)58-36-18-42(2)38-44(58)4/h9-40H,1-8H3. The van der Waals surface area contributed by atoms with E-state index in [4.69, 9.17) is 9.47 Å². The highest BCUT2D eigenvalue weighted by molar-refractivity contribution is 6.14. The average molecular weight is 973 g/mol. The summed E-state index contributed by atoms with van der Waals surface area (Å²) in [7, 11) is 6.67. The predicted molar refractivity (Wildman–Crippen MR) is 304 cm³/mol. The second-order valence-corrected chi connectivity index (χ2v) is 18.3. The first-order chi connectivity index (χ1) is 35.9. The summed E-state index contributed by atoms with van der Waals surface area (Å²) in [6.07, 6.45) is 8.26. The minimum atomic E-state index is -0.203. The van der Waals surface area contributed by atoms with Crippen LogP contribution in [0.5, 0.6) is 11.5 Å². The van der Waals surface area contributed by atoms with Crippen LogP contribution in [0, 0.1) is 27.7 Å². The Balaban J connectivity index is 0.849. The van der Waals surface area contributed by atoms with Crippen LogP contribution in [0.1, 0.15) is 65.2 Å². The van der Waals surface area contributed by atoms with Crippen LogP contribution in [0.25, 0.3) is 45.8 Å². The van der Waals surface area contributed by atoms with Crippen molar-refractivity contribution in [3.63, 3.8) is 0 Å². The number of hydrogen-bond acceptors (Lipinski definition) is 8. The van der Waals surface area contributed by atoms with Crippen molar-refractivity contribution in [3.05, 3.63) is 225 Å². The molecule has 0 unspecified atom stereocenters. The molecule has 0 aliphatic heterocycles. The molecule has 0 radical (unpaired) electrons. The Labute approximate surface area is 432 Å². The van der Waals surface area contributed by atoms with Crippen molar-refractivity contribution in [1.82, 2.24) is 0 Å². The number of amides is 2. The number of carbonyl (C=O) groups is 2. The molecule has 0 saturated heterocycles. The molecule has 0 N–H and O–H groups in total. The van der Waals surface area contributed by atoms with E-state index in [0.29, 0.717) is 45.4 Å². The van der Waals surface area contributed by atoms with Gasteiger partial charge in [0.25, 0.3) is 11.8 Å². The van der Waals surface area contributed by atoms with Crippen LogP contribution >= 0.6 is 0 Å². The van der Waals surface area contributed by atoms with Gasteiger partial charge in [0.1, 0.15) is 11.4 Å². The van der Waals surface area contributed by atoms with Gasteiger partial charge in [0.05, 0.1) is 36.7 Å². The van der Waals surface area contributed by atoms with Crippen LogP contribution in [0.3, 0.4) is 0 Å². The zero-order chi connectivity index (χ0) is 51.9. The van der Waals surface area contributed by atoms with Gasteiger partial charge >= 0.3 is 0 Å². The largest absolute Gasteiger partial charge is 0.494 e. The number of fused-ring (bicyclic) bond motifs is 2. The second-order valence-electron chi connectivity index (χ2n) is 18.3. The van der Waals surface area contributed by atoms with Gasteiger partial charge in [-0.1, -0.05) is 157 Å². The van der Waals surface area contributed by atoms with Gasteiger partial charge in [-0.25, -0.2) is 0 Å². The monoisotopic (exact) mass is 972 g/mol. The molecule has 10 heteroatoms. The number of nitrogens with zero attached hydrogens (tertiary/aromatic N) is 6. The van der Waals surface area contributed by atoms with E-state index < -0.39 is 0 Å². The normalized spacial score (nSPS) is 11.7. The molecular weight excluding hydrogens is 917 g/mol. The molecule has 74 heavy (non-hydrogen) atoms. The third-order valence-corrected chi connectivity index (χ3v) is 13.0. The molecule has 0 heterocycles. The summed E-state index contributed by atoms with van der Waals surface area (Å²) in [6.45, 7) is 8.08. The molecule has 366 valence electrons. The number of methoxy groups -OCH3 is 2. The molecule has 0 bridgehead atoms. The highest BCUT2D eigenvalue weighted by atomic mass is 16.5. The third kappa shape index (κ3) is 10.8. The zero-order valence-electron chi connectivity index (χ0n) is 42.8. The lowest BCUT2D eigenvalue weighted by Crippen LogP contribution is -2.27. The maximum Gasteiger partial charge on any atom is 0.261 e. The van der Waals surface area contributed by atoms with Crippen LogP contribution in [0.2, 0.25) is 0 Å². The van der Waals surface area contributed by atoms with Gasteiger partial charge in [-0.3, -0.25) is 9.59 Å². The summed E-state index contributed by atoms with van der Waals surface area (Å²) in [5.74, 6) is 0.331. The van der Waals surface area contributed by atoms with Crippen molar-refractivity contribution in [2.75, 3.05) is 38.1 Å². The van der Waals surface area contributed by atoms with Gasteiger partial charge in [0.2, 0.25) is 0 Å². The summed E-state index contributed by atoms with van der Waals surface area (Å²) in [4.78, 5) is 31.4. The third-order valence-electron chi connectivity index (χ3n) is 13.0. The van der Waals surface area contributed by atoms with Crippen molar-refractivity contribution in [3.8, 4) is 11.5 Å². The van der Waals surface area contributed by atoms with Crippen LogP contribution < -0.4 is 19.3 Å². The Morgan fingerprint density at radius 1 is 0.419 bits per heavy atom. The van der Waals surface area contributed by atoms with Crippen molar-refractivity contribution < 1.29 is 19.1 Å². The Morgan fingerprint density at radius 2 is 0.757 bits per heavy atom. The Bertz CT molecular complexity index is 3450. The lowest BCUT2D eigenvalue weighted by Gasteiger charge is -2.22. The number of benzene rings is 9. The molecule has 0 atom stereocenters. The minimum Gasteiger partial charge on any atom is -0.494 e. The van der Waals surface area contributed by atoms with E-state index in [1.165, 1.54) is 0 Å². The fourth-order valence-electron chi connectivity index (χ4n) is 9.11. The first-order valence-corrected chi connectivity index (χ1v) is 24.3. The number of aryl methyl sites for hydroxylation is 4. The summed E-state index contributed by atoms with van der Waals surface area (Å²) < 4.78 is 11.8. The smallest absolute Gasteiger partial charge is 0.261 e. The van der Waals surface area contributed by atoms with Crippen molar-refractivity contribution >= 4 is 91.8 Å². The van der Waals surface area contributed by atoms with Gasteiger partial charge in [-0.05, 0) is 120 Å². The molecule has 0 saturated carbocycles. The van der Waals surface area contributed by atoms with E-state index in [2.05, 4.69) is 81.2 Å². The predicted octanol–water partition coefficient (Wildman–Crippen LogP) is 17.0. The molecule has 0 spiro atoms. The van der Waals surface area contributed by atoms with E-state index >= 15 is 0 Å². The molecule has 0 aliphatic rings. The van der Waals surface area contributed by atoms with Gasteiger partial charge in [-0.2, -0.15) is 10.2 Å². The fraction of sp³-hybridized carbons (Fsp3) is 0.125. The van der Waals surface area contributed by atoms with E-state index in [1.807, 2.05) is 161 Å². The van der Waals surface area contributed by atoms with Gasteiger partial charge in [0, 0.05) is 36.2 Å². The molecule has 2 amide bonds. The van der Waals surface area contributed by atoms with E-state index in [0.717, 1.165) is 77.4 Å². The second kappa shape index (κ2) is 22.0. The van der Waals surface area contributed by atoms with Crippen molar-refractivity contribution in [2.24, 2.45) is 20.5 Å². The molecule has 0 aromatic heterocycles. The Morgan fingerprint density at radius 3 is 1.09 bits per heavy atom. The molecule has 9 aromatic carbocycles. The number of azo groups is 2. The summed E-state index contributed by atoms with van der Waals surface area (Å²) in [6, 6.07) is 55.4. The van der Waals surface area contributed by atoms with Crippen molar-refractivity contribution in [1.29, 1.82) is 0 Å². The molecule has 9 rings (SSSR count). The molecule has 0 fully saturated rings. The first-order valence-electron chi connectivity index (χ1n) is 24.3. The van der Waals surface area contributed by atoms with E-state index in [-0.39, 0.29) is 11.8 Å².